The molecular weight excluding hydrogens is 240 g/mol. The Morgan fingerprint density at radius 1 is 1.41 bits per heavy atom. The van der Waals surface area contributed by atoms with Gasteiger partial charge in [-0.05, 0) is 37.7 Å². The summed E-state index contributed by atoms with van der Waals surface area (Å²) in [4.78, 5) is 11.8. The maximum Gasteiger partial charge on any atom is 0.311 e. The number of ether oxygens (including phenoxy) is 1. The van der Waals surface area contributed by atoms with Gasteiger partial charge in [0.15, 0.2) is 0 Å². The van der Waals surface area contributed by atoms with E-state index in [9.17, 15) is 15.0 Å². The van der Waals surface area contributed by atoms with Crippen molar-refractivity contribution in [1.82, 2.24) is 0 Å². The zero-order valence-electron chi connectivity index (χ0n) is 10.5. The molecule has 5 heteroatoms. The number of thioether (sulfide) groups is 1. The molecule has 1 saturated carbocycles. The van der Waals surface area contributed by atoms with Crippen LogP contribution in [0.2, 0.25) is 0 Å². The molecule has 100 valence electrons. The fourth-order valence-corrected chi connectivity index (χ4v) is 3.02. The Labute approximate surface area is 107 Å². The summed E-state index contributed by atoms with van der Waals surface area (Å²) in [7, 11) is 0. The van der Waals surface area contributed by atoms with Gasteiger partial charge in [-0.3, -0.25) is 4.79 Å². The highest BCUT2D eigenvalue weighted by Crippen LogP contribution is 2.34. The second-order valence-electron chi connectivity index (χ2n) is 4.51. The lowest BCUT2D eigenvalue weighted by molar-refractivity contribution is -0.159. The van der Waals surface area contributed by atoms with Crippen LogP contribution in [0.1, 0.15) is 26.2 Å². The van der Waals surface area contributed by atoms with Crippen LogP contribution in [0.5, 0.6) is 0 Å². The van der Waals surface area contributed by atoms with Crippen LogP contribution in [0.4, 0.5) is 0 Å². The van der Waals surface area contributed by atoms with E-state index in [4.69, 9.17) is 4.74 Å². The number of esters is 1. The summed E-state index contributed by atoms with van der Waals surface area (Å²) in [5, 5.41) is 19.6. The summed E-state index contributed by atoms with van der Waals surface area (Å²) < 4.78 is 5.01. The quantitative estimate of drug-likeness (QED) is 0.725. The topological polar surface area (TPSA) is 66.8 Å². The van der Waals surface area contributed by atoms with Gasteiger partial charge in [-0.1, -0.05) is 0 Å². The molecule has 4 atom stereocenters. The van der Waals surface area contributed by atoms with Gasteiger partial charge >= 0.3 is 5.97 Å². The number of rotatable bonds is 5. The maximum absolute atomic E-state index is 11.8. The van der Waals surface area contributed by atoms with Gasteiger partial charge in [0.1, 0.15) is 0 Å². The van der Waals surface area contributed by atoms with Crippen molar-refractivity contribution in [2.75, 3.05) is 18.6 Å². The van der Waals surface area contributed by atoms with E-state index in [0.717, 1.165) is 12.2 Å². The summed E-state index contributed by atoms with van der Waals surface area (Å²) >= 11 is 1.71. The normalized spacial score (nSPS) is 33.4. The molecule has 17 heavy (non-hydrogen) atoms. The predicted molar refractivity (Wildman–Crippen MR) is 67.9 cm³/mol. The molecule has 0 aliphatic heterocycles. The van der Waals surface area contributed by atoms with Crippen LogP contribution in [-0.4, -0.2) is 47.0 Å². The van der Waals surface area contributed by atoms with Gasteiger partial charge in [0.05, 0.1) is 24.7 Å². The first-order valence-electron chi connectivity index (χ1n) is 6.11. The van der Waals surface area contributed by atoms with E-state index in [1.807, 2.05) is 6.26 Å². The van der Waals surface area contributed by atoms with E-state index in [-0.39, 0.29) is 18.3 Å². The zero-order valence-corrected chi connectivity index (χ0v) is 11.3. The third-order valence-electron chi connectivity index (χ3n) is 3.26. The van der Waals surface area contributed by atoms with E-state index in [1.54, 1.807) is 18.7 Å². The third kappa shape index (κ3) is 4.16. The van der Waals surface area contributed by atoms with Gasteiger partial charge in [-0.2, -0.15) is 11.8 Å². The first-order valence-corrected chi connectivity index (χ1v) is 7.51. The number of aliphatic hydroxyl groups is 2. The Morgan fingerprint density at radius 2 is 2.12 bits per heavy atom. The standard InChI is InChI=1S/C12H22O4S/c1-3-16-12(15)11-8(4-5-17-2)6-9(13)7-10(11)14/h8-11,13-14H,3-7H2,1-2H3. The Balaban J connectivity index is 2.67. The van der Waals surface area contributed by atoms with Crippen molar-refractivity contribution in [2.24, 2.45) is 11.8 Å². The number of carbonyl (C=O) groups excluding carboxylic acids is 1. The molecule has 0 aromatic rings. The lowest BCUT2D eigenvalue weighted by Crippen LogP contribution is -2.44. The fourth-order valence-electron chi connectivity index (χ4n) is 2.49. The van der Waals surface area contributed by atoms with Gasteiger partial charge in [-0.15, -0.1) is 0 Å². The molecule has 0 radical (unpaired) electrons. The molecule has 0 spiro atoms. The highest BCUT2D eigenvalue weighted by Gasteiger charge is 2.41. The van der Waals surface area contributed by atoms with E-state index >= 15 is 0 Å². The smallest absolute Gasteiger partial charge is 0.311 e. The lowest BCUT2D eigenvalue weighted by atomic mass is 9.74. The highest BCUT2D eigenvalue weighted by molar-refractivity contribution is 7.98. The Hall–Kier alpha value is -0.260. The summed E-state index contributed by atoms with van der Waals surface area (Å²) in [5.74, 6) is 0.170. The maximum atomic E-state index is 11.8. The minimum atomic E-state index is -0.773. The van der Waals surface area contributed by atoms with Gasteiger partial charge in [0, 0.05) is 6.42 Å². The van der Waals surface area contributed by atoms with Crippen LogP contribution in [-0.2, 0) is 9.53 Å². The van der Waals surface area contributed by atoms with Crippen molar-refractivity contribution >= 4 is 17.7 Å². The molecular formula is C12H22O4S. The highest BCUT2D eigenvalue weighted by atomic mass is 32.2. The largest absolute Gasteiger partial charge is 0.466 e. The molecule has 0 saturated heterocycles. The van der Waals surface area contributed by atoms with E-state index in [0.29, 0.717) is 13.0 Å². The van der Waals surface area contributed by atoms with Crippen molar-refractivity contribution in [2.45, 2.75) is 38.4 Å². The van der Waals surface area contributed by atoms with Crippen LogP contribution in [0, 0.1) is 11.8 Å². The van der Waals surface area contributed by atoms with Crippen LogP contribution in [0.15, 0.2) is 0 Å². The van der Waals surface area contributed by atoms with Crippen LogP contribution >= 0.6 is 11.8 Å². The average Bonchev–Trinajstić information content (AvgIpc) is 2.25. The molecule has 0 amide bonds. The van der Waals surface area contributed by atoms with Crippen LogP contribution in [0.3, 0.4) is 0 Å². The average molecular weight is 262 g/mol. The number of aliphatic hydroxyl groups excluding tert-OH is 2. The zero-order chi connectivity index (χ0) is 12.8. The molecule has 0 bridgehead atoms. The van der Waals surface area contributed by atoms with E-state index in [2.05, 4.69) is 0 Å². The first-order chi connectivity index (χ1) is 8.10. The minimum Gasteiger partial charge on any atom is -0.466 e. The van der Waals surface area contributed by atoms with Crippen LogP contribution in [0.25, 0.3) is 0 Å². The van der Waals surface area contributed by atoms with Gasteiger partial charge in [0.2, 0.25) is 0 Å². The summed E-state index contributed by atoms with van der Waals surface area (Å²) in [6.45, 7) is 2.10. The van der Waals surface area contributed by atoms with Gasteiger partial charge in [0.25, 0.3) is 0 Å². The van der Waals surface area contributed by atoms with E-state index in [1.165, 1.54) is 0 Å². The Morgan fingerprint density at radius 3 is 2.71 bits per heavy atom. The number of carbonyl (C=O) groups is 1. The van der Waals surface area contributed by atoms with Gasteiger partial charge in [-0.25, -0.2) is 0 Å². The summed E-state index contributed by atoms with van der Waals surface area (Å²) in [5.41, 5.74) is 0. The molecule has 4 nitrogen and oxygen atoms in total. The Kier molecular flexibility index (Phi) is 6.30. The lowest BCUT2D eigenvalue weighted by Gasteiger charge is -2.36. The number of hydrogen-bond acceptors (Lipinski definition) is 5. The number of hydrogen-bond donors (Lipinski definition) is 2. The molecule has 0 aromatic heterocycles. The van der Waals surface area contributed by atoms with Crippen molar-refractivity contribution in [3.05, 3.63) is 0 Å². The Bertz CT molecular complexity index is 247. The molecule has 1 rings (SSSR count). The minimum absolute atomic E-state index is 0.0280. The predicted octanol–water partition coefficient (Wildman–Crippen LogP) is 1.05. The van der Waals surface area contributed by atoms with E-state index < -0.39 is 18.1 Å². The van der Waals surface area contributed by atoms with Crippen molar-refractivity contribution < 1.29 is 19.7 Å². The van der Waals surface area contributed by atoms with Crippen molar-refractivity contribution in [1.29, 1.82) is 0 Å². The fraction of sp³-hybridized carbons (Fsp3) is 0.917. The third-order valence-corrected chi connectivity index (χ3v) is 3.91. The second-order valence-corrected chi connectivity index (χ2v) is 5.50. The second kappa shape index (κ2) is 7.24. The molecule has 1 aliphatic rings. The molecule has 0 aromatic carbocycles. The molecule has 0 heterocycles. The van der Waals surface area contributed by atoms with Crippen LogP contribution < -0.4 is 0 Å². The monoisotopic (exact) mass is 262 g/mol. The first kappa shape index (κ1) is 14.8. The van der Waals surface area contributed by atoms with Gasteiger partial charge < -0.3 is 14.9 Å². The summed E-state index contributed by atoms with van der Waals surface area (Å²) in [6.07, 6.45) is 2.43. The molecule has 2 N–H and O–H groups in total. The SMILES string of the molecule is CCOC(=O)C1C(O)CC(O)CC1CCSC. The molecule has 1 fully saturated rings. The summed E-state index contributed by atoms with van der Waals surface area (Å²) in [6, 6.07) is 0. The molecule has 1 aliphatic carbocycles. The molecule has 4 unspecified atom stereocenters. The van der Waals surface area contributed by atoms with Crippen molar-refractivity contribution in [3.8, 4) is 0 Å². The van der Waals surface area contributed by atoms with Crippen molar-refractivity contribution in [3.63, 3.8) is 0 Å².